The fourth-order valence-electron chi connectivity index (χ4n) is 2.18. The van der Waals surface area contributed by atoms with Gasteiger partial charge in [-0.1, -0.05) is 35.3 Å². The Morgan fingerprint density at radius 1 is 1.00 bits per heavy atom. The summed E-state index contributed by atoms with van der Waals surface area (Å²) in [7, 11) is 0. The maximum Gasteiger partial charge on any atom is 0.291 e. The zero-order chi connectivity index (χ0) is 16.4. The summed E-state index contributed by atoms with van der Waals surface area (Å²) in [5.41, 5.74) is 2.55. The molecular formula is C18H13Cl2NO2. The van der Waals surface area contributed by atoms with Crippen molar-refractivity contribution in [1.29, 1.82) is 0 Å². The minimum Gasteiger partial charge on any atom is -0.451 e. The van der Waals surface area contributed by atoms with Gasteiger partial charge in [-0.05, 0) is 55.0 Å². The topological polar surface area (TPSA) is 42.2 Å². The molecule has 1 aromatic heterocycles. The van der Waals surface area contributed by atoms with Gasteiger partial charge in [0.1, 0.15) is 5.76 Å². The van der Waals surface area contributed by atoms with Crippen molar-refractivity contribution in [1.82, 2.24) is 0 Å². The summed E-state index contributed by atoms with van der Waals surface area (Å²) >= 11 is 11.9. The van der Waals surface area contributed by atoms with Crippen LogP contribution in [0, 0.1) is 6.92 Å². The normalized spacial score (nSPS) is 10.6. The number of anilines is 1. The van der Waals surface area contributed by atoms with E-state index in [9.17, 15) is 4.79 Å². The average Bonchev–Trinajstić information content (AvgIpc) is 3.00. The number of nitrogens with one attached hydrogen (secondary N) is 1. The highest BCUT2D eigenvalue weighted by Gasteiger charge is 2.13. The molecule has 3 aromatic rings. The number of halogens is 2. The summed E-state index contributed by atoms with van der Waals surface area (Å²) < 4.78 is 5.62. The third-order valence-electron chi connectivity index (χ3n) is 3.31. The zero-order valence-electron chi connectivity index (χ0n) is 12.3. The third kappa shape index (κ3) is 3.58. The lowest BCUT2D eigenvalue weighted by Crippen LogP contribution is -2.10. The summed E-state index contributed by atoms with van der Waals surface area (Å²) in [4.78, 5) is 12.2. The molecule has 0 fully saturated rings. The molecular weight excluding hydrogens is 333 g/mol. The van der Waals surface area contributed by atoms with Crippen LogP contribution in [0.15, 0.2) is 59.0 Å². The van der Waals surface area contributed by atoms with Crippen molar-refractivity contribution in [2.45, 2.75) is 6.92 Å². The summed E-state index contributed by atoms with van der Waals surface area (Å²) in [6.07, 6.45) is 0. The van der Waals surface area contributed by atoms with E-state index in [1.807, 2.05) is 31.2 Å². The molecule has 1 heterocycles. The van der Waals surface area contributed by atoms with Gasteiger partial charge in [0.2, 0.25) is 0 Å². The standard InChI is InChI=1S/C18H13Cl2NO2/c1-11-3-2-4-13(9-11)21-18(22)17-8-7-16(23-17)12-5-6-14(19)15(20)10-12/h2-10H,1H3,(H,21,22). The van der Waals surface area contributed by atoms with Gasteiger partial charge in [0.25, 0.3) is 5.91 Å². The maximum atomic E-state index is 12.2. The maximum absolute atomic E-state index is 12.2. The van der Waals surface area contributed by atoms with Crippen LogP contribution in [-0.4, -0.2) is 5.91 Å². The van der Waals surface area contributed by atoms with E-state index in [1.54, 1.807) is 30.3 Å². The van der Waals surface area contributed by atoms with Crippen LogP contribution in [0.5, 0.6) is 0 Å². The molecule has 0 saturated carbocycles. The number of furan rings is 1. The van der Waals surface area contributed by atoms with Gasteiger partial charge in [0.05, 0.1) is 10.0 Å². The fourth-order valence-corrected chi connectivity index (χ4v) is 2.48. The Labute approximate surface area is 143 Å². The number of carbonyl (C=O) groups excluding carboxylic acids is 1. The molecule has 3 rings (SSSR count). The van der Waals surface area contributed by atoms with Gasteiger partial charge in [-0.2, -0.15) is 0 Å². The van der Waals surface area contributed by atoms with Crippen molar-refractivity contribution in [3.63, 3.8) is 0 Å². The van der Waals surface area contributed by atoms with Crippen molar-refractivity contribution in [3.05, 3.63) is 76.0 Å². The van der Waals surface area contributed by atoms with E-state index < -0.39 is 0 Å². The van der Waals surface area contributed by atoms with E-state index in [4.69, 9.17) is 27.6 Å². The number of aryl methyl sites for hydroxylation is 1. The highest BCUT2D eigenvalue weighted by Crippen LogP contribution is 2.29. The van der Waals surface area contributed by atoms with E-state index in [0.717, 1.165) is 16.8 Å². The Bertz CT molecular complexity index is 871. The van der Waals surface area contributed by atoms with Crippen LogP contribution in [0.3, 0.4) is 0 Å². The number of amides is 1. The molecule has 1 amide bonds. The molecule has 0 aliphatic carbocycles. The number of hydrogen-bond donors (Lipinski definition) is 1. The van der Waals surface area contributed by atoms with E-state index >= 15 is 0 Å². The first kappa shape index (κ1) is 15.7. The second-order valence-corrected chi connectivity index (χ2v) is 5.93. The second kappa shape index (κ2) is 6.49. The predicted octanol–water partition coefficient (Wildman–Crippen LogP) is 5.81. The number of rotatable bonds is 3. The molecule has 23 heavy (non-hydrogen) atoms. The summed E-state index contributed by atoms with van der Waals surface area (Å²) in [5.74, 6) is 0.479. The largest absolute Gasteiger partial charge is 0.451 e. The van der Waals surface area contributed by atoms with Gasteiger partial charge in [0, 0.05) is 11.3 Å². The van der Waals surface area contributed by atoms with Gasteiger partial charge in [-0.3, -0.25) is 4.79 Å². The molecule has 116 valence electrons. The van der Waals surface area contributed by atoms with Gasteiger partial charge in [0.15, 0.2) is 5.76 Å². The van der Waals surface area contributed by atoms with Crippen molar-refractivity contribution in [3.8, 4) is 11.3 Å². The monoisotopic (exact) mass is 345 g/mol. The highest BCUT2D eigenvalue weighted by molar-refractivity contribution is 6.42. The van der Waals surface area contributed by atoms with Crippen LogP contribution in [0.2, 0.25) is 10.0 Å². The molecule has 0 radical (unpaired) electrons. The summed E-state index contributed by atoms with van der Waals surface area (Å²) in [5, 5.41) is 3.71. The summed E-state index contributed by atoms with van der Waals surface area (Å²) in [6, 6.07) is 16.1. The van der Waals surface area contributed by atoms with Crippen LogP contribution in [0.25, 0.3) is 11.3 Å². The lowest BCUT2D eigenvalue weighted by molar-refractivity contribution is 0.0997. The molecule has 0 spiro atoms. The van der Waals surface area contributed by atoms with E-state index in [1.165, 1.54) is 0 Å². The fraction of sp³-hybridized carbons (Fsp3) is 0.0556. The molecule has 0 unspecified atom stereocenters. The number of carbonyl (C=O) groups is 1. The van der Waals surface area contributed by atoms with Gasteiger partial charge in [-0.15, -0.1) is 0 Å². The minimum absolute atomic E-state index is 0.229. The Balaban J connectivity index is 1.81. The Morgan fingerprint density at radius 3 is 2.57 bits per heavy atom. The molecule has 5 heteroatoms. The van der Waals surface area contributed by atoms with Crippen LogP contribution >= 0.6 is 23.2 Å². The van der Waals surface area contributed by atoms with Crippen LogP contribution < -0.4 is 5.32 Å². The third-order valence-corrected chi connectivity index (χ3v) is 4.05. The molecule has 0 aliphatic rings. The Hall–Kier alpha value is -2.23. The Kier molecular flexibility index (Phi) is 4.42. The molecule has 2 aromatic carbocycles. The first-order valence-electron chi connectivity index (χ1n) is 6.96. The molecule has 0 aliphatic heterocycles. The Morgan fingerprint density at radius 2 is 1.83 bits per heavy atom. The SMILES string of the molecule is Cc1cccc(NC(=O)c2ccc(-c3ccc(Cl)c(Cl)c3)o2)c1. The highest BCUT2D eigenvalue weighted by atomic mass is 35.5. The van der Waals surface area contributed by atoms with Crippen molar-refractivity contribution in [2.24, 2.45) is 0 Å². The van der Waals surface area contributed by atoms with E-state index in [-0.39, 0.29) is 11.7 Å². The van der Waals surface area contributed by atoms with Crippen molar-refractivity contribution in [2.75, 3.05) is 5.32 Å². The van der Waals surface area contributed by atoms with Gasteiger partial charge < -0.3 is 9.73 Å². The first-order chi connectivity index (χ1) is 11.0. The van der Waals surface area contributed by atoms with Crippen LogP contribution in [-0.2, 0) is 0 Å². The zero-order valence-corrected chi connectivity index (χ0v) is 13.8. The smallest absolute Gasteiger partial charge is 0.291 e. The molecule has 0 bridgehead atoms. The second-order valence-electron chi connectivity index (χ2n) is 5.12. The molecule has 0 atom stereocenters. The van der Waals surface area contributed by atoms with Crippen molar-refractivity contribution < 1.29 is 9.21 Å². The van der Waals surface area contributed by atoms with E-state index in [2.05, 4.69) is 5.32 Å². The van der Waals surface area contributed by atoms with Gasteiger partial charge in [-0.25, -0.2) is 0 Å². The van der Waals surface area contributed by atoms with Crippen LogP contribution in [0.1, 0.15) is 16.1 Å². The molecule has 1 N–H and O–H groups in total. The molecule has 0 saturated heterocycles. The number of hydrogen-bond acceptors (Lipinski definition) is 2. The first-order valence-corrected chi connectivity index (χ1v) is 7.72. The lowest BCUT2D eigenvalue weighted by Gasteiger charge is -2.04. The number of benzene rings is 2. The summed E-state index contributed by atoms with van der Waals surface area (Å²) in [6.45, 7) is 1.96. The van der Waals surface area contributed by atoms with Gasteiger partial charge >= 0.3 is 0 Å². The van der Waals surface area contributed by atoms with E-state index in [0.29, 0.717) is 15.8 Å². The van der Waals surface area contributed by atoms with Crippen molar-refractivity contribution >= 4 is 34.8 Å². The molecule has 3 nitrogen and oxygen atoms in total. The minimum atomic E-state index is -0.304. The lowest BCUT2D eigenvalue weighted by atomic mass is 10.2. The average molecular weight is 346 g/mol. The predicted molar refractivity (Wildman–Crippen MR) is 93.3 cm³/mol. The quantitative estimate of drug-likeness (QED) is 0.650. The van der Waals surface area contributed by atoms with Crippen LogP contribution in [0.4, 0.5) is 5.69 Å².